The minimum absolute atomic E-state index is 0.0686. The van der Waals surface area contributed by atoms with Gasteiger partial charge in [-0.25, -0.2) is 9.97 Å². The summed E-state index contributed by atoms with van der Waals surface area (Å²) in [6.45, 7) is 1.73. The van der Waals surface area contributed by atoms with Crippen LogP contribution in [-0.2, 0) is 15.7 Å². The van der Waals surface area contributed by atoms with Crippen molar-refractivity contribution >= 4 is 17.7 Å². The Hall–Kier alpha value is -1.31. The van der Waals surface area contributed by atoms with Gasteiger partial charge in [-0.2, -0.15) is 13.2 Å². The van der Waals surface area contributed by atoms with Gasteiger partial charge in [-0.15, -0.1) is 0 Å². The van der Waals surface area contributed by atoms with Gasteiger partial charge in [0.2, 0.25) is 0 Å². The second kappa shape index (κ2) is 4.75. The van der Waals surface area contributed by atoms with Crippen LogP contribution >= 0.6 is 11.8 Å². The number of cyclic esters (lactones) is 1. The molecule has 2 atom stereocenters. The van der Waals surface area contributed by atoms with Gasteiger partial charge in [0.1, 0.15) is 17.0 Å². The van der Waals surface area contributed by atoms with Gasteiger partial charge in [0.15, 0.2) is 5.16 Å². The molecule has 1 aliphatic rings. The number of halogens is 3. The van der Waals surface area contributed by atoms with E-state index in [0.717, 1.165) is 24.0 Å². The number of alkyl halides is 3. The topological polar surface area (TPSA) is 52.1 Å². The van der Waals surface area contributed by atoms with Gasteiger partial charge in [-0.3, -0.25) is 4.79 Å². The number of thioether (sulfide) groups is 1. The number of hydrogen-bond donors (Lipinski definition) is 0. The lowest BCUT2D eigenvalue weighted by Crippen LogP contribution is -2.12. The third-order valence-corrected chi connectivity index (χ3v) is 3.37. The Morgan fingerprint density at radius 1 is 1.50 bits per heavy atom. The van der Waals surface area contributed by atoms with Crippen LogP contribution in [0.2, 0.25) is 0 Å². The molecule has 1 aromatic rings. The standard InChI is InChI=1S/C10H9F3N2O2S/c1-5-4-6(8(16)17-5)18-9-14-3-2-7(15-9)10(11,12)13/h2-3,5-6H,4H2,1H3/t5-,6-/m1/s1. The Balaban J connectivity index is 2.13. The molecular weight excluding hydrogens is 269 g/mol. The molecule has 0 radical (unpaired) electrons. The maximum Gasteiger partial charge on any atom is 0.433 e. The van der Waals surface area contributed by atoms with Crippen LogP contribution in [0.15, 0.2) is 17.4 Å². The van der Waals surface area contributed by atoms with Gasteiger partial charge >= 0.3 is 12.1 Å². The quantitative estimate of drug-likeness (QED) is 0.613. The summed E-state index contributed by atoms with van der Waals surface area (Å²) >= 11 is 0.897. The van der Waals surface area contributed by atoms with Crippen molar-refractivity contribution in [3.05, 3.63) is 18.0 Å². The summed E-state index contributed by atoms with van der Waals surface area (Å²) in [4.78, 5) is 18.5. The predicted octanol–water partition coefficient (Wildman–Crippen LogP) is 2.29. The number of rotatable bonds is 2. The fourth-order valence-corrected chi connectivity index (χ4v) is 2.55. The number of aromatic nitrogens is 2. The van der Waals surface area contributed by atoms with Gasteiger partial charge in [0, 0.05) is 12.6 Å². The summed E-state index contributed by atoms with van der Waals surface area (Å²) in [7, 11) is 0. The van der Waals surface area contributed by atoms with Crippen LogP contribution in [0.3, 0.4) is 0 Å². The van der Waals surface area contributed by atoms with Crippen molar-refractivity contribution in [2.45, 2.75) is 36.0 Å². The summed E-state index contributed by atoms with van der Waals surface area (Å²) in [6, 6.07) is 0.791. The number of nitrogens with zero attached hydrogens (tertiary/aromatic N) is 2. The first kappa shape index (κ1) is 13.1. The van der Waals surface area contributed by atoms with Crippen LogP contribution in [0.5, 0.6) is 0 Å². The maximum absolute atomic E-state index is 12.4. The lowest BCUT2D eigenvalue weighted by molar-refractivity contribution is -0.141. The third kappa shape index (κ3) is 2.92. The first-order valence-electron chi connectivity index (χ1n) is 5.13. The van der Waals surface area contributed by atoms with E-state index in [1.165, 1.54) is 0 Å². The SMILES string of the molecule is C[C@@H]1C[C@@H](Sc2nccc(C(F)(F)F)n2)C(=O)O1. The molecule has 1 saturated heterocycles. The van der Waals surface area contributed by atoms with Crippen molar-refractivity contribution < 1.29 is 22.7 Å². The van der Waals surface area contributed by atoms with Crippen LogP contribution in [-0.4, -0.2) is 27.3 Å². The Morgan fingerprint density at radius 3 is 2.78 bits per heavy atom. The monoisotopic (exact) mass is 278 g/mol. The van der Waals surface area contributed by atoms with E-state index in [2.05, 4.69) is 9.97 Å². The van der Waals surface area contributed by atoms with E-state index in [-0.39, 0.29) is 11.3 Å². The van der Waals surface area contributed by atoms with Crippen molar-refractivity contribution in [1.29, 1.82) is 0 Å². The molecule has 0 spiro atoms. The maximum atomic E-state index is 12.4. The molecule has 0 bridgehead atoms. The number of hydrogen-bond acceptors (Lipinski definition) is 5. The number of carbonyl (C=O) groups excluding carboxylic acids is 1. The fraction of sp³-hybridized carbons (Fsp3) is 0.500. The Kier molecular flexibility index (Phi) is 3.47. The van der Waals surface area contributed by atoms with E-state index in [1.54, 1.807) is 6.92 Å². The van der Waals surface area contributed by atoms with E-state index in [1.807, 2.05) is 0 Å². The van der Waals surface area contributed by atoms with Crippen LogP contribution < -0.4 is 0 Å². The Bertz CT molecular complexity index is 467. The molecule has 1 aliphatic heterocycles. The highest BCUT2D eigenvalue weighted by Crippen LogP contribution is 2.32. The van der Waals surface area contributed by atoms with Crippen molar-refractivity contribution in [3.63, 3.8) is 0 Å². The Labute approximate surface area is 105 Å². The average Bonchev–Trinajstić information content (AvgIpc) is 2.56. The van der Waals surface area contributed by atoms with E-state index in [9.17, 15) is 18.0 Å². The summed E-state index contributed by atoms with van der Waals surface area (Å²) < 4.78 is 42.2. The van der Waals surface area contributed by atoms with Crippen molar-refractivity contribution in [1.82, 2.24) is 9.97 Å². The summed E-state index contributed by atoms with van der Waals surface area (Å²) in [6.07, 6.45) is -3.26. The summed E-state index contributed by atoms with van der Waals surface area (Å²) in [5.41, 5.74) is -1.01. The van der Waals surface area contributed by atoms with Crippen LogP contribution in [0.1, 0.15) is 19.0 Å². The van der Waals surface area contributed by atoms with E-state index in [4.69, 9.17) is 4.74 Å². The summed E-state index contributed by atoms with van der Waals surface area (Å²) in [5, 5.41) is -0.607. The zero-order valence-corrected chi connectivity index (χ0v) is 10.1. The smallest absolute Gasteiger partial charge is 0.433 e. The van der Waals surface area contributed by atoms with E-state index in [0.29, 0.717) is 6.42 Å². The number of esters is 1. The van der Waals surface area contributed by atoms with Crippen molar-refractivity contribution in [2.24, 2.45) is 0 Å². The number of carbonyl (C=O) groups is 1. The molecule has 1 fully saturated rings. The van der Waals surface area contributed by atoms with Gasteiger partial charge in [-0.05, 0) is 13.0 Å². The molecule has 1 aromatic heterocycles. The van der Waals surface area contributed by atoms with Crippen LogP contribution in [0, 0.1) is 0 Å². The van der Waals surface area contributed by atoms with Gasteiger partial charge in [0.05, 0.1) is 0 Å². The molecule has 0 aliphatic carbocycles. The normalized spacial score (nSPS) is 24.1. The van der Waals surface area contributed by atoms with Gasteiger partial charge < -0.3 is 4.74 Å². The minimum atomic E-state index is -4.51. The molecule has 98 valence electrons. The highest BCUT2D eigenvalue weighted by molar-refractivity contribution is 8.00. The molecule has 0 amide bonds. The lowest BCUT2D eigenvalue weighted by atomic mass is 10.3. The zero-order valence-electron chi connectivity index (χ0n) is 9.27. The molecule has 0 N–H and O–H groups in total. The molecule has 4 nitrogen and oxygen atoms in total. The van der Waals surface area contributed by atoms with Gasteiger partial charge in [-0.1, -0.05) is 11.8 Å². The van der Waals surface area contributed by atoms with Crippen molar-refractivity contribution in [3.8, 4) is 0 Å². The highest BCUT2D eigenvalue weighted by Gasteiger charge is 2.35. The number of ether oxygens (including phenoxy) is 1. The molecule has 2 rings (SSSR count). The van der Waals surface area contributed by atoms with E-state index < -0.39 is 23.1 Å². The zero-order chi connectivity index (χ0) is 13.3. The molecule has 0 unspecified atom stereocenters. The van der Waals surface area contributed by atoms with Gasteiger partial charge in [0.25, 0.3) is 0 Å². The van der Waals surface area contributed by atoms with Crippen LogP contribution in [0.25, 0.3) is 0 Å². The largest absolute Gasteiger partial charge is 0.462 e. The third-order valence-electron chi connectivity index (χ3n) is 2.30. The lowest BCUT2D eigenvalue weighted by Gasteiger charge is -2.07. The summed E-state index contributed by atoms with van der Waals surface area (Å²) in [5.74, 6) is -0.437. The first-order chi connectivity index (χ1) is 8.36. The second-order valence-corrected chi connectivity index (χ2v) is 4.98. The predicted molar refractivity (Wildman–Crippen MR) is 56.9 cm³/mol. The molecular formula is C10H9F3N2O2S. The second-order valence-electron chi connectivity index (χ2n) is 3.81. The molecule has 18 heavy (non-hydrogen) atoms. The Morgan fingerprint density at radius 2 is 2.22 bits per heavy atom. The van der Waals surface area contributed by atoms with Crippen LogP contribution in [0.4, 0.5) is 13.2 Å². The molecule has 0 saturated carbocycles. The average molecular weight is 278 g/mol. The minimum Gasteiger partial charge on any atom is -0.462 e. The first-order valence-corrected chi connectivity index (χ1v) is 6.01. The van der Waals surface area contributed by atoms with E-state index >= 15 is 0 Å². The molecule has 8 heteroatoms. The highest BCUT2D eigenvalue weighted by atomic mass is 32.2. The van der Waals surface area contributed by atoms with Crippen molar-refractivity contribution in [2.75, 3.05) is 0 Å². The molecule has 2 heterocycles. The molecule has 0 aromatic carbocycles. The fourth-order valence-electron chi connectivity index (χ4n) is 1.50.